The molecule has 1 unspecified atom stereocenters. The summed E-state index contributed by atoms with van der Waals surface area (Å²) >= 11 is 0. The van der Waals surface area contributed by atoms with Gasteiger partial charge in [0.25, 0.3) is 12.0 Å². The molecule has 1 aliphatic heterocycles. The van der Waals surface area contributed by atoms with Crippen LogP contribution in [0.1, 0.15) is 66.7 Å². The minimum absolute atomic E-state index is 0. The molecule has 2 N–H and O–H groups in total. The van der Waals surface area contributed by atoms with Gasteiger partial charge in [-0.05, 0) is 61.4 Å². The van der Waals surface area contributed by atoms with Crippen LogP contribution in [-0.4, -0.2) is 41.6 Å². The van der Waals surface area contributed by atoms with Crippen LogP contribution in [0.5, 0.6) is 0 Å². The first-order chi connectivity index (χ1) is 19.3. The summed E-state index contributed by atoms with van der Waals surface area (Å²) in [4.78, 5) is 51.4. The molecule has 2 aliphatic rings. The maximum absolute atomic E-state index is 14.7. The number of nitrogens with zero attached hydrogens (tertiary/aromatic N) is 2. The van der Waals surface area contributed by atoms with E-state index < -0.39 is 12.0 Å². The number of halogens is 1. The number of carbonyl (C=O) groups excluding carboxylic acids is 3. The molecule has 41 heavy (non-hydrogen) atoms. The SMILES string of the molecule is CC.Cc1c(F)cc2nc3c(c4c2c1CCC4)Cn1c-3cc(C(C)OCNC(=O)CN[C-]=O)c(COC=O)c1=O.[Fm]. The Morgan fingerprint density at radius 2 is 1.98 bits per heavy atom. The maximum Gasteiger partial charge on any atom is 0.293 e. The van der Waals surface area contributed by atoms with Crippen LogP contribution < -0.4 is 16.2 Å². The molecule has 1 aliphatic carbocycles. The average molecular weight is 809 g/mol. The number of aromatic nitrogens is 2. The molecule has 2 aromatic heterocycles. The number of aryl methyl sites for hydroxylation is 2. The van der Waals surface area contributed by atoms with Crippen LogP contribution in [-0.2, 0) is 49.9 Å². The molecule has 5 rings (SSSR count). The summed E-state index contributed by atoms with van der Waals surface area (Å²) in [5.74, 6) is -0.768. The standard InChI is InChI=1S/C27H26FN4O6.C2H6.Fm/c1-14-16-4-3-5-17-19-9-32-23(26(19)31-22(25(16)17)7-21(14)28)6-18(20(27(32)36)10-37-13-34)15(2)38-12-30-24(35)8-29-11-33;1-2;/h6-7,13,15H,3-5,8-10,12H2,1-2H3,(H,29,33)(H,30,35);1-2H3;/q-1;;. The smallest absolute Gasteiger partial charge is 0.293 e. The zero-order valence-corrected chi connectivity index (χ0v) is 25.7. The van der Waals surface area contributed by atoms with Crippen LogP contribution >= 0.6 is 0 Å². The fourth-order valence-corrected chi connectivity index (χ4v) is 5.47. The van der Waals surface area contributed by atoms with Crippen molar-refractivity contribution in [2.24, 2.45) is 0 Å². The fourth-order valence-electron chi connectivity index (χ4n) is 5.47. The van der Waals surface area contributed by atoms with E-state index in [0.717, 1.165) is 41.3 Å². The predicted molar refractivity (Wildman–Crippen MR) is 146 cm³/mol. The molecule has 12 heteroatoms. The summed E-state index contributed by atoms with van der Waals surface area (Å²) in [6.07, 6.45) is 3.23. The summed E-state index contributed by atoms with van der Waals surface area (Å²) in [7, 11) is 0. The van der Waals surface area contributed by atoms with E-state index in [0.29, 0.717) is 34.6 Å². The van der Waals surface area contributed by atoms with Crippen molar-refractivity contribution in [1.82, 2.24) is 20.2 Å². The van der Waals surface area contributed by atoms with Crippen molar-refractivity contribution in [2.75, 3.05) is 13.3 Å². The van der Waals surface area contributed by atoms with E-state index in [-0.39, 0.29) is 43.3 Å². The molecule has 2 amide bonds. The molecule has 0 radical (unpaired) electrons. The average Bonchev–Trinajstić information content (AvgIpc) is 3.34. The third kappa shape index (κ3) is 5.49. The summed E-state index contributed by atoms with van der Waals surface area (Å²) in [5, 5.41) is 5.61. The Balaban J connectivity index is 0.00000151. The number of hydrogen-bond acceptors (Lipinski definition) is 7. The van der Waals surface area contributed by atoms with E-state index in [1.165, 1.54) is 12.5 Å². The molecule has 10 nitrogen and oxygen atoms in total. The Morgan fingerprint density at radius 3 is 2.68 bits per heavy atom. The largest absolute Gasteiger partial charge is 0.522 e. The Kier molecular flexibility index (Phi) is 9.51. The number of nitrogens with one attached hydrogen (secondary N) is 2. The quantitative estimate of drug-likeness (QED) is 0.109. The molecule has 0 fully saturated rings. The van der Waals surface area contributed by atoms with Gasteiger partial charge in [0.1, 0.15) is 19.2 Å². The van der Waals surface area contributed by atoms with Gasteiger partial charge in [-0.1, -0.05) is 13.8 Å². The van der Waals surface area contributed by atoms with Gasteiger partial charge in [-0.25, -0.2) is 9.37 Å². The van der Waals surface area contributed by atoms with Gasteiger partial charge in [0, 0.05) is 17.0 Å². The molecular formula is C29H32FFmN4O6-. The first kappa shape index (κ1) is 30.4. The normalized spacial score (nSPS) is 13.1. The van der Waals surface area contributed by atoms with E-state index >= 15 is 0 Å². The number of ether oxygens (including phenoxy) is 2. The van der Waals surface area contributed by atoms with Gasteiger partial charge in [-0.15, -0.1) is 0 Å². The summed E-state index contributed by atoms with van der Waals surface area (Å²) in [5.41, 5.74) is 5.83. The van der Waals surface area contributed by atoms with Crippen LogP contribution in [0.3, 0.4) is 0 Å². The Bertz CT molecular complexity index is 1540. The second-order valence-electron chi connectivity index (χ2n) is 9.40. The molecule has 0 spiro atoms. The van der Waals surface area contributed by atoms with Gasteiger partial charge in [0.15, 0.2) is 0 Å². The van der Waals surface area contributed by atoms with E-state index in [4.69, 9.17) is 14.5 Å². The van der Waals surface area contributed by atoms with Crippen molar-refractivity contribution >= 4 is 29.7 Å². The molecule has 1 aromatic carbocycles. The van der Waals surface area contributed by atoms with Crippen LogP contribution in [0.2, 0.25) is 0 Å². The molecule has 3 aromatic rings. The number of pyridine rings is 2. The Labute approximate surface area is 230 Å². The molecule has 0 bridgehead atoms. The summed E-state index contributed by atoms with van der Waals surface area (Å²) < 4.78 is 27.1. The molecule has 224 valence electrons. The van der Waals surface area contributed by atoms with Gasteiger partial charge >= 0.3 is 0 Å². The van der Waals surface area contributed by atoms with Crippen molar-refractivity contribution in [2.45, 2.75) is 66.2 Å². The Hall–Kier alpha value is -5.12. The van der Waals surface area contributed by atoms with Crippen molar-refractivity contribution in [1.29, 1.82) is 0 Å². The van der Waals surface area contributed by atoms with E-state index in [1.807, 2.05) is 13.8 Å². The van der Waals surface area contributed by atoms with Gasteiger partial charge in [-0.2, -0.15) is 6.41 Å². The number of rotatable bonds is 10. The molecule has 1 atom stereocenters. The van der Waals surface area contributed by atoms with Crippen molar-refractivity contribution in [3.05, 3.63) is 61.7 Å². The van der Waals surface area contributed by atoms with Gasteiger partial charge in [0.2, 0.25) is 5.91 Å². The number of carbonyl (C=O) groups is 2. The van der Waals surface area contributed by atoms with E-state index in [1.54, 1.807) is 24.5 Å². The van der Waals surface area contributed by atoms with E-state index in [2.05, 4.69) is 10.6 Å². The topological polar surface area (TPSA) is 129 Å². The number of hydrogen-bond donors (Lipinski definition) is 2. The van der Waals surface area contributed by atoms with Crippen molar-refractivity contribution in [3.63, 3.8) is 0 Å². The molecule has 0 saturated carbocycles. The summed E-state index contributed by atoms with van der Waals surface area (Å²) in [6.45, 7) is 7.41. The minimum Gasteiger partial charge on any atom is -0.522 e. The molecule has 0 saturated heterocycles. The number of amides is 2. The predicted octanol–water partition coefficient (Wildman–Crippen LogP) is 2.87. The van der Waals surface area contributed by atoms with Crippen LogP contribution in [0.4, 0.5) is 4.39 Å². The first-order valence-corrected chi connectivity index (χ1v) is 13.3. The molecular weight excluding hydrogens is 776 g/mol. The van der Waals surface area contributed by atoms with Gasteiger partial charge in [-0.3, -0.25) is 14.4 Å². The van der Waals surface area contributed by atoms with Gasteiger partial charge < -0.3 is 29.5 Å². The van der Waals surface area contributed by atoms with Crippen LogP contribution in [0.15, 0.2) is 16.9 Å². The number of benzene rings is 1. The fraction of sp³-hybridized carbons (Fsp3) is 0.414. The Morgan fingerprint density at radius 1 is 1.24 bits per heavy atom. The van der Waals surface area contributed by atoms with Crippen LogP contribution in [0, 0.1) is 12.7 Å². The van der Waals surface area contributed by atoms with Crippen LogP contribution in [0.25, 0.3) is 22.3 Å². The second-order valence-corrected chi connectivity index (χ2v) is 9.40. The van der Waals surface area contributed by atoms with E-state index in [9.17, 15) is 23.6 Å². The van der Waals surface area contributed by atoms with Gasteiger partial charge in [0.05, 0.1) is 41.7 Å². The first-order valence-electron chi connectivity index (χ1n) is 13.3. The van der Waals surface area contributed by atoms with Crippen molar-refractivity contribution in [3.8, 4) is 11.4 Å². The molecule has 3 heterocycles. The summed E-state index contributed by atoms with van der Waals surface area (Å²) in [6, 6.07) is 3.24. The minimum atomic E-state index is -0.667. The number of fused-ring (bicyclic) bond motifs is 4. The second kappa shape index (κ2) is 12.8. The zero-order chi connectivity index (χ0) is 29.0. The zero-order valence-electron chi connectivity index (χ0n) is 23.3. The monoisotopic (exact) mass is 808 g/mol. The third-order valence-corrected chi connectivity index (χ3v) is 7.32. The maximum atomic E-state index is 14.7. The third-order valence-electron chi connectivity index (χ3n) is 7.32. The van der Waals surface area contributed by atoms with Crippen molar-refractivity contribution < 1.29 is 28.2 Å².